The van der Waals surface area contributed by atoms with Crippen molar-refractivity contribution in [2.24, 2.45) is 0 Å². The van der Waals surface area contributed by atoms with Crippen LogP contribution in [-0.4, -0.2) is 59.5 Å². The largest absolute Gasteiger partial charge is 0.437 e. The van der Waals surface area contributed by atoms with E-state index in [1.165, 1.54) is 32.7 Å². The van der Waals surface area contributed by atoms with Crippen molar-refractivity contribution in [2.45, 2.75) is 11.4 Å². The normalized spacial score (nSPS) is 15.4. The van der Waals surface area contributed by atoms with Crippen molar-refractivity contribution in [1.29, 1.82) is 0 Å². The Morgan fingerprint density at radius 2 is 1.87 bits per heavy atom. The Morgan fingerprint density at radius 3 is 2.53 bits per heavy atom. The zero-order valence-corrected chi connectivity index (χ0v) is 18.0. The molecule has 9 nitrogen and oxygen atoms in total. The van der Waals surface area contributed by atoms with Crippen LogP contribution in [-0.2, 0) is 21.4 Å². The van der Waals surface area contributed by atoms with Gasteiger partial charge in [-0.05, 0) is 23.6 Å². The third-order valence-electron chi connectivity index (χ3n) is 4.67. The monoisotopic (exact) mass is 468 g/mol. The number of benzene rings is 1. The van der Waals surface area contributed by atoms with Crippen molar-refractivity contribution in [2.75, 3.05) is 26.2 Å². The van der Waals surface area contributed by atoms with Crippen LogP contribution >= 0.6 is 22.9 Å². The molecule has 0 saturated carbocycles. The minimum atomic E-state index is -3.75. The molecule has 3 heterocycles. The second-order valence-corrected chi connectivity index (χ2v) is 9.78. The number of piperazine rings is 1. The predicted octanol–water partition coefficient (Wildman–Crippen LogP) is 1.75. The maximum absolute atomic E-state index is 12.8. The summed E-state index contributed by atoms with van der Waals surface area (Å²) < 4.78 is 33.0. The zero-order chi connectivity index (χ0) is 21.3. The highest BCUT2D eigenvalue weighted by Gasteiger charge is 2.31. The van der Waals surface area contributed by atoms with Gasteiger partial charge in [-0.25, -0.2) is 13.2 Å². The molecular weight excluding hydrogens is 452 g/mol. The number of aromatic nitrogens is 2. The fourth-order valence-corrected chi connectivity index (χ4v) is 5.66. The number of nitrogens with zero attached hydrogens (tertiary/aromatic N) is 4. The Labute approximate surface area is 181 Å². The van der Waals surface area contributed by atoms with E-state index in [2.05, 4.69) is 5.10 Å². The predicted molar refractivity (Wildman–Crippen MR) is 111 cm³/mol. The lowest BCUT2D eigenvalue weighted by atomic mass is 10.3. The van der Waals surface area contributed by atoms with E-state index in [4.69, 9.17) is 16.0 Å². The number of carbonyl (C=O) groups is 1. The highest BCUT2D eigenvalue weighted by molar-refractivity contribution is 7.89. The van der Waals surface area contributed by atoms with E-state index in [1.807, 2.05) is 5.38 Å². The molecule has 30 heavy (non-hydrogen) atoms. The van der Waals surface area contributed by atoms with Crippen LogP contribution in [0.15, 0.2) is 55.9 Å². The molecule has 1 saturated heterocycles. The molecule has 1 aromatic carbocycles. The maximum Gasteiger partial charge on any atom is 0.437 e. The molecule has 2 aromatic heterocycles. The molecule has 0 N–H and O–H groups in total. The van der Waals surface area contributed by atoms with E-state index >= 15 is 0 Å². The fraction of sp³-hybridized carbons (Fsp3) is 0.278. The molecule has 4 rings (SSSR count). The first kappa shape index (κ1) is 20.8. The van der Waals surface area contributed by atoms with Gasteiger partial charge in [0, 0.05) is 26.2 Å². The lowest BCUT2D eigenvalue weighted by Gasteiger charge is -2.34. The van der Waals surface area contributed by atoms with Crippen LogP contribution in [0.1, 0.15) is 0 Å². The number of thiophene rings is 1. The van der Waals surface area contributed by atoms with Gasteiger partial charge >= 0.3 is 5.76 Å². The van der Waals surface area contributed by atoms with Crippen molar-refractivity contribution in [3.63, 3.8) is 0 Å². The molecule has 12 heteroatoms. The molecule has 1 aliphatic rings. The molecular formula is C18H17ClN4O5S2. The Hall–Kier alpha value is -2.47. The quantitative estimate of drug-likeness (QED) is 0.564. The van der Waals surface area contributed by atoms with Gasteiger partial charge in [0.05, 0.1) is 9.90 Å². The van der Waals surface area contributed by atoms with Gasteiger partial charge < -0.3 is 9.32 Å². The van der Waals surface area contributed by atoms with Gasteiger partial charge in [0.2, 0.25) is 15.9 Å². The average Bonchev–Trinajstić information content (AvgIpc) is 3.38. The minimum absolute atomic E-state index is 0.0432. The van der Waals surface area contributed by atoms with Crippen LogP contribution in [0.5, 0.6) is 0 Å². The average molecular weight is 469 g/mol. The zero-order valence-electron chi connectivity index (χ0n) is 15.6. The first-order chi connectivity index (χ1) is 14.4. The van der Waals surface area contributed by atoms with Gasteiger partial charge in [0.25, 0.3) is 5.89 Å². The number of sulfonamides is 1. The van der Waals surface area contributed by atoms with Crippen LogP contribution in [0.25, 0.3) is 10.8 Å². The first-order valence-corrected chi connectivity index (χ1v) is 11.7. The Balaban J connectivity index is 1.41. The molecule has 0 aliphatic carbocycles. The molecule has 0 radical (unpaired) electrons. The molecule has 1 aliphatic heterocycles. The molecule has 0 atom stereocenters. The van der Waals surface area contributed by atoms with Gasteiger partial charge in [0.15, 0.2) is 0 Å². The van der Waals surface area contributed by atoms with Crippen molar-refractivity contribution in [3.05, 3.63) is 57.4 Å². The molecule has 158 valence electrons. The van der Waals surface area contributed by atoms with Crippen molar-refractivity contribution >= 4 is 38.9 Å². The van der Waals surface area contributed by atoms with E-state index in [0.29, 0.717) is 4.88 Å². The highest BCUT2D eigenvalue weighted by Crippen LogP contribution is 2.25. The number of amides is 1. The van der Waals surface area contributed by atoms with Gasteiger partial charge in [0.1, 0.15) is 11.4 Å². The smallest absolute Gasteiger partial charge is 0.387 e. The van der Waals surface area contributed by atoms with Crippen molar-refractivity contribution in [3.8, 4) is 10.8 Å². The highest BCUT2D eigenvalue weighted by atomic mass is 35.5. The van der Waals surface area contributed by atoms with Crippen molar-refractivity contribution < 1.29 is 17.6 Å². The number of carbonyl (C=O) groups excluding carboxylic acids is 1. The third kappa shape index (κ3) is 4.06. The second-order valence-electron chi connectivity index (χ2n) is 6.52. The molecule has 1 amide bonds. The number of hydrogen-bond acceptors (Lipinski definition) is 7. The number of rotatable bonds is 5. The second kappa shape index (κ2) is 8.34. The summed E-state index contributed by atoms with van der Waals surface area (Å²) in [6.07, 6.45) is 0. The van der Waals surface area contributed by atoms with Crippen LogP contribution in [0, 0.1) is 0 Å². The van der Waals surface area contributed by atoms with E-state index in [1.54, 1.807) is 24.3 Å². The number of hydrogen-bond donors (Lipinski definition) is 0. The number of halogens is 1. The summed E-state index contributed by atoms with van der Waals surface area (Å²) >= 11 is 7.40. The van der Waals surface area contributed by atoms with E-state index in [9.17, 15) is 18.0 Å². The third-order valence-corrected chi connectivity index (χ3v) is 7.93. The van der Waals surface area contributed by atoms with Crippen LogP contribution in [0.3, 0.4) is 0 Å². The van der Waals surface area contributed by atoms with Crippen LogP contribution < -0.4 is 5.76 Å². The van der Waals surface area contributed by atoms with Gasteiger partial charge in [-0.3, -0.25) is 4.79 Å². The summed E-state index contributed by atoms with van der Waals surface area (Å²) in [7, 11) is -3.75. The molecule has 0 bridgehead atoms. The summed E-state index contributed by atoms with van der Waals surface area (Å²) in [6, 6.07) is 9.82. The standard InChI is InChI=1S/C18H17ClN4O5S2/c19-13-4-1-2-6-15(13)30(26,27)22-9-7-21(8-10-22)16(24)12-23-18(25)28-17(20-23)14-5-3-11-29-14/h1-6,11H,7-10,12H2. The Bertz CT molecular complexity index is 1210. The van der Waals surface area contributed by atoms with Crippen LogP contribution in [0.2, 0.25) is 5.02 Å². The summed E-state index contributed by atoms with van der Waals surface area (Å²) in [6.45, 7) is 0.395. The van der Waals surface area contributed by atoms with E-state index in [-0.39, 0.29) is 54.4 Å². The Morgan fingerprint density at radius 1 is 1.13 bits per heavy atom. The lowest BCUT2D eigenvalue weighted by molar-refractivity contribution is -0.133. The van der Waals surface area contributed by atoms with E-state index < -0.39 is 15.8 Å². The van der Waals surface area contributed by atoms with E-state index in [0.717, 1.165) is 4.68 Å². The summed E-state index contributed by atoms with van der Waals surface area (Å²) in [5, 5.41) is 6.05. The Kier molecular flexibility index (Phi) is 5.78. The summed E-state index contributed by atoms with van der Waals surface area (Å²) in [4.78, 5) is 26.8. The van der Waals surface area contributed by atoms with Crippen molar-refractivity contribution in [1.82, 2.24) is 19.0 Å². The molecule has 1 fully saturated rings. The first-order valence-electron chi connectivity index (χ1n) is 9.00. The fourth-order valence-electron chi connectivity index (χ4n) is 3.10. The van der Waals surface area contributed by atoms with Gasteiger partial charge in [-0.1, -0.05) is 29.8 Å². The topological polar surface area (TPSA) is 106 Å². The summed E-state index contributed by atoms with van der Waals surface area (Å²) in [5.41, 5.74) is 0. The molecule has 0 spiro atoms. The summed E-state index contributed by atoms with van der Waals surface area (Å²) in [5.74, 6) is -0.886. The SMILES string of the molecule is O=C(Cn1nc(-c2cccs2)oc1=O)N1CCN(S(=O)(=O)c2ccccc2Cl)CC1. The molecule has 3 aromatic rings. The molecule has 0 unspecified atom stereocenters. The maximum atomic E-state index is 12.8. The van der Waals surface area contributed by atoms with Gasteiger partial charge in [-0.15, -0.1) is 16.4 Å². The van der Waals surface area contributed by atoms with Gasteiger partial charge in [-0.2, -0.15) is 8.99 Å². The lowest BCUT2D eigenvalue weighted by Crippen LogP contribution is -2.51. The van der Waals surface area contributed by atoms with Crippen LogP contribution in [0.4, 0.5) is 0 Å². The minimum Gasteiger partial charge on any atom is -0.387 e.